The number of carbonyl (C=O) groups excluding carboxylic acids is 2. The summed E-state index contributed by atoms with van der Waals surface area (Å²) in [6.07, 6.45) is 6.20. The minimum absolute atomic E-state index is 0.0276. The number of amides is 2. The quantitative estimate of drug-likeness (QED) is 0.206. The van der Waals surface area contributed by atoms with Crippen LogP contribution in [-0.2, 0) is 0 Å². The number of halogens is 1. The van der Waals surface area contributed by atoms with Crippen molar-refractivity contribution >= 4 is 45.4 Å². The van der Waals surface area contributed by atoms with Crippen LogP contribution < -0.4 is 14.5 Å². The Bertz CT molecular complexity index is 2230. The van der Waals surface area contributed by atoms with Gasteiger partial charge < -0.3 is 33.2 Å². The zero-order valence-corrected chi connectivity index (χ0v) is 29.7. The van der Waals surface area contributed by atoms with E-state index in [0.717, 1.165) is 24.5 Å². The SMILES string of the molecule is CC.COc1ccncc1N1CCN(C(=O)c2cccc3ncoc23)CC1.N#Cc1cc(F)cc(N2CCN(C(=O)c3cccc4ncoc34)CC2)c1. The Labute approximate surface area is 305 Å². The predicted molar refractivity (Wildman–Crippen MR) is 198 cm³/mol. The Balaban J connectivity index is 0.000000173. The van der Waals surface area contributed by atoms with Gasteiger partial charge in [0, 0.05) is 70.3 Å². The summed E-state index contributed by atoms with van der Waals surface area (Å²) in [6, 6.07) is 18.8. The molecule has 2 aliphatic heterocycles. The number of fused-ring (bicyclic) bond motifs is 2. The molecule has 0 unspecified atom stereocenters. The fraction of sp³-hybridized carbons (Fsp3) is 0.282. The molecule has 272 valence electrons. The van der Waals surface area contributed by atoms with E-state index in [-0.39, 0.29) is 17.4 Å². The number of hydrogen-bond acceptors (Lipinski definition) is 11. The van der Waals surface area contributed by atoms with Crippen LogP contribution in [0.15, 0.2) is 94.7 Å². The first kappa shape index (κ1) is 36.3. The average molecular weight is 719 g/mol. The van der Waals surface area contributed by atoms with E-state index in [1.54, 1.807) is 54.7 Å². The van der Waals surface area contributed by atoms with Crippen molar-refractivity contribution in [3.05, 3.63) is 108 Å². The summed E-state index contributed by atoms with van der Waals surface area (Å²) in [5.74, 6) is 0.222. The lowest BCUT2D eigenvalue weighted by molar-refractivity contribution is 0.0740. The third-order valence-electron chi connectivity index (χ3n) is 9.01. The van der Waals surface area contributed by atoms with Crippen molar-refractivity contribution in [3.63, 3.8) is 0 Å². The summed E-state index contributed by atoms with van der Waals surface area (Å²) in [6.45, 7) is 8.82. The number of methoxy groups -OCH3 is 1. The number of piperazine rings is 2. The monoisotopic (exact) mass is 718 g/mol. The maximum atomic E-state index is 13.7. The van der Waals surface area contributed by atoms with E-state index in [1.165, 1.54) is 24.9 Å². The Morgan fingerprint density at radius 2 is 1.32 bits per heavy atom. The van der Waals surface area contributed by atoms with Crippen molar-refractivity contribution in [3.8, 4) is 11.8 Å². The van der Waals surface area contributed by atoms with Crippen LogP contribution in [0, 0.1) is 17.1 Å². The third kappa shape index (κ3) is 7.89. The van der Waals surface area contributed by atoms with E-state index in [4.69, 9.17) is 18.8 Å². The summed E-state index contributed by atoms with van der Waals surface area (Å²) in [5.41, 5.74) is 5.33. The van der Waals surface area contributed by atoms with E-state index < -0.39 is 5.82 Å². The van der Waals surface area contributed by atoms with Crippen molar-refractivity contribution in [2.45, 2.75) is 13.8 Å². The largest absolute Gasteiger partial charge is 0.494 e. The number of benzene rings is 3. The summed E-state index contributed by atoms with van der Waals surface area (Å²) in [5, 5.41) is 8.99. The smallest absolute Gasteiger partial charge is 0.257 e. The van der Waals surface area contributed by atoms with Gasteiger partial charge in [-0.1, -0.05) is 26.0 Å². The van der Waals surface area contributed by atoms with Gasteiger partial charge in [0.1, 0.15) is 22.6 Å². The van der Waals surface area contributed by atoms with Crippen molar-refractivity contribution in [1.82, 2.24) is 24.8 Å². The molecule has 0 radical (unpaired) electrons. The molecule has 0 atom stereocenters. The fourth-order valence-electron chi connectivity index (χ4n) is 6.37. The number of aromatic nitrogens is 3. The molecule has 0 N–H and O–H groups in total. The first-order valence-electron chi connectivity index (χ1n) is 17.3. The molecular weight excluding hydrogens is 679 g/mol. The first-order valence-corrected chi connectivity index (χ1v) is 17.3. The van der Waals surface area contributed by atoms with Gasteiger partial charge in [0.05, 0.1) is 41.8 Å². The molecule has 0 saturated carbocycles. The number of rotatable bonds is 5. The normalized spacial score (nSPS) is 14.2. The van der Waals surface area contributed by atoms with E-state index in [2.05, 4.69) is 19.9 Å². The van der Waals surface area contributed by atoms with Crippen LogP contribution in [-0.4, -0.2) is 96.0 Å². The second-order valence-electron chi connectivity index (χ2n) is 11.9. The number of anilines is 2. The van der Waals surface area contributed by atoms with Crippen molar-refractivity contribution in [2.24, 2.45) is 0 Å². The van der Waals surface area contributed by atoms with Gasteiger partial charge in [-0.3, -0.25) is 14.6 Å². The Hall–Kier alpha value is -6.49. The van der Waals surface area contributed by atoms with Gasteiger partial charge in [-0.2, -0.15) is 5.26 Å². The second kappa shape index (κ2) is 16.7. The molecule has 8 rings (SSSR count). The molecule has 13 nitrogen and oxygen atoms in total. The van der Waals surface area contributed by atoms with Crippen LogP contribution in [0.4, 0.5) is 15.8 Å². The van der Waals surface area contributed by atoms with Gasteiger partial charge in [-0.05, 0) is 42.5 Å². The Morgan fingerprint density at radius 1 is 0.774 bits per heavy atom. The lowest BCUT2D eigenvalue weighted by Gasteiger charge is -2.36. The van der Waals surface area contributed by atoms with E-state index >= 15 is 0 Å². The molecule has 5 heterocycles. The molecule has 2 amide bonds. The third-order valence-corrected chi connectivity index (χ3v) is 9.01. The maximum Gasteiger partial charge on any atom is 0.257 e. The highest BCUT2D eigenvalue weighted by atomic mass is 19.1. The van der Waals surface area contributed by atoms with Gasteiger partial charge in [-0.15, -0.1) is 0 Å². The number of pyridine rings is 1. The molecule has 2 aliphatic rings. The zero-order valence-electron chi connectivity index (χ0n) is 29.7. The molecular formula is C39H39FN8O5. The maximum absolute atomic E-state index is 13.7. The predicted octanol–water partition coefficient (Wildman–Crippen LogP) is 6.02. The van der Waals surface area contributed by atoms with Crippen molar-refractivity contribution in [2.75, 3.05) is 69.3 Å². The molecule has 0 aliphatic carbocycles. The number of carbonyl (C=O) groups is 2. The molecule has 53 heavy (non-hydrogen) atoms. The van der Waals surface area contributed by atoms with Crippen LogP contribution in [0.5, 0.6) is 5.75 Å². The standard InChI is InChI=1S/C19H15FN4O2.C18H18N4O3.C2H6/c20-14-8-13(11-21)9-15(10-14)23-4-6-24(7-5-23)19(25)16-2-1-3-17-18(16)26-12-22-17;1-24-16-5-6-19-11-15(16)21-7-9-22(10-8-21)18(23)13-3-2-4-14-17(13)25-12-20-14;1-2/h1-3,8-10,12H,4-7H2;2-6,11-12H,7-10H2,1H3;1-2H3. The van der Waals surface area contributed by atoms with Gasteiger partial charge in [0.2, 0.25) is 0 Å². The minimum Gasteiger partial charge on any atom is -0.494 e. The summed E-state index contributed by atoms with van der Waals surface area (Å²) >= 11 is 0. The van der Waals surface area contributed by atoms with Crippen LogP contribution in [0.3, 0.4) is 0 Å². The number of nitriles is 1. The molecule has 0 bridgehead atoms. The molecule has 2 fully saturated rings. The van der Waals surface area contributed by atoms with Crippen molar-refractivity contribution < 1.29 is 27.6 Å². The molecule has 3 aromatic heterocycles. The molecule has 3 aromatic carbocycles. The fourth-order valence-corrected chi connectivity index (χ4v) is 6.37. The highest BCUT2D eigenvalue weighted by molar-refractivity contribution is 6.04. The number of ether oxygens (including phenoxy) is 1. The summed E-state index contributed by atoms with van der Waals surface area (Å²) in [4.78, 5) is 45.8. The van der Waals surface area contributed by atoms with Crippen LogP contribution in [0.2, 0.25) is 0 Å². The van der Waals surface area contributed by atoms with Gasteiger partial charge in [0.15, 0.2) is 24.0 Å². The zero-order chi connectivity index (χ0) is 37.3. The lowest BCUT2D eigenvalue weighted by atomic mass is 10.1. The van der Waals surface area contributed by atoms with E-state index in [1.807, 2.05) is 47.9 Å². The van der Waals surface area contributed by atoms with Gasteiger partial charge in [0.25, 0.3) is 11.8 Å². The topological polar surface area (TPSA) is 145 Å². The molecule has 6 aromatic rings. The Morgan fingerprint density at radius 3 is 1.85 bits per heavy atom. The lowest BCUT2D eigenvalue weighted by Crippen LogP contribution is -2.49. The molecule has 0 spiro atoms. The highest BCUT2D eigenvalue weighted by Gasteiger charge is 2.27. The Kier molecular flexibility index (Phi) is 11.4. The number of para-hydroxylation sites is 2. The van der Waals surface area contributed by atoms with Crippen LogP contribution in [0.1, 0.15) is 40.1 Å². The van der Waals surface area contributed by atoms with Crippen LogP contribution >= 0.6 is 0 Å². The van der Waals surface area contributed by atoms with Crippen molar-refractivity contribution in [1.29, 1.82) is 5.26 Å². The number of nitrogens with zero attached hydrogens (tertiary/aromatic N) is 8. The average Bonchev–Trinajstić information content (AvgIpc) is 3.92. The van der Waals surface area contributed by atoms with E-state index in [9.17, 15) is 14.0 Å². The number of hydrogen-bond donors (Lipinski definition) is 0. The van der Waals surface area contributed by atoms with Gasteiger partial charge >= 0.3 is 0 Å². The summed E-state index contributed by atoms with van der Waals surface area (Å²) in [7, 11) is 1.65. The van der Waals surface area contributed by atoms with Gasteiger partial charge in [-0.25, -0.2) is 14.4 Å². The second-order valence-corrected chi connectivity index (χ2v) is 11.9. The summed E-state index contributed by atoms with van der Waals surface area (Å²) < 4.78 is 29.8. The van der Waals surface area contributed by atoms with E-state index in [0.29, 0.717) is 78.3 Å². The highest BCUT2D eigenvalue weighted by Crippen LogP contribution is 2.28. The molecule has 2 saturated heterocycles. The molecule has 14 heteroatoms. The number of oxazole rings is 2. The first-order chi connectivity index (χ1) is 25.9. The minimum atomic E-state index is -0.436. The van der Waals surface area contributed by atoms with Crippen LogP contribution in [0.25, 0.3) is 22.2 Å².